The molecule has 3 heteroatoms. The number of nitrogens with zero attached hydrogens (tertiary/aromatic N) is 1. The molecular weight excluding hydrogens is 224 g/mol. The van der Waals surface area contributed by atoms with E-state index in [1.807, 2.05) is 13.8 Å². The number of amides is 1. The monoisotopic (exact) mass is 252 g/mol. The summed E-state index contributed by atoms with van der Waals surface area (Å²) in [5, 5.41) is 3.18. The molecule has 0 bridgehead atoms. The van der Waals surface area contributed by atoms with Crippen molar-refractivity contribution in [1.29, 1.82) is 0 Å². The number of rotatable bonds is 3. The number of carbonyl (C=O) groups is 1. The molecule has 1 N–H and O–H groups in total. The second-order valence-corrected chi connectivity index (χ2v) is 6.27. The predicted molar refractivity (Wildman–Crippen MR) is 74.4 cm³/mol. The molecule has 18 heavy (non-hydrogen) atoms. The van der Waals surface area contributed by atoms with Crippen molar-refractivity contribution >= 4 is 5.91 Å². The number of hydrogen-bond acceptors (Lipinski definition) is 2. The van der Waals surface area contributed by atoms with E-state index >= 15 is 0 Å². The molecular formula is C15H28N2O. The second-order valence-electron chi connectivity index (χ2n) is 6.27. The Hall–Kier alpha value is -0.570. The molecule has 0 atom stereocenters. The zero-order valence-electron chi connectivity index (χ0n) is 12.0. The van der Waals surface area contributed by atoms with Crippen molar-refractivity contribution in [3.63, 3.8) is 0 Å². The van der Waals surface area contributed by atoms with Crippen LogP contribution in [0.4, 0.5) is 0 Å². The molecule has 2 fully saturated rings. The summed E-state index contributed by atoms with van der Waals surface area (Å²) in [5.74, 6) is 0.334. The summed E-state index contributed by atoms with van der Waals surface area (Å²) in [6, 6.07) is 1.22. The fourth-order valence-corrected chi connectivity index (χ4v) is 3.24. The van der Waals surface area contributed by atoms with Crippen molar-refractivity contribution in [3.8, 4) is 0 Å². The third kappa shape index (κ3) is 3.71. The Kier molecular flexibility index (Phi) is 5.04. The van der Waals surface area contributed by atoms with Gasteiger partial charge in [0.2, 0.25) is 5.91 Å². The van der Waals surface area contributed by atoms with Gasteiger partial charge in [-0.2, -0.15) is 0 Å². The van der Waals surface area contributed by atoms with Crippen molar-refractivity contribution < 1.29 is 4.79 Å². The number of piperidine rings is 1. The molecule has 3 nitrogen and oxygen atoms in total. The first-order chi connectivity index (χ1) is 8.66. The van der Waals surface area contributed by atoms with E-state index in [2.05, 4.69) is 10.2 Å². The highest BCUT2D eigenvalue weighted by atomic mass is 16.1. The molecule has 0 aromatic heterocycles. The first kappa shape index (κ1) is 13.9. The summed E-state index contributed by atoms with van der Waals surface area (Å²) in [6.07, 6.45) is 9.04. The van der Waals surface area contributed by atoms with Crippen molar-refractivity contribution in [2.24, 2.45) is 5.92 Å². The lowest BCUT2D eigenvalue weighted by Crippen LogP contribution is -2.46. The standard InChI is InChI=1S/C15H28N2O/c1-12(2)15(18)16-13-6-8-14(9-7-13)17-10-4-3-5-11-17/h12-14H,3-11H2,1-2H3,(H,16,18). The highest BCUT2D eigenvalue weighted by molar-refractivity contribution is 5.78. The van der Waals surface area contributed by atoms with Crippen LogP contribution < -0.4 is 5.32 Å². The van der Waals surface area contributed by atoms with E-state index in [0.717, 1.165) is 6.04 Å². The Labute approximate surface area is 111 Å². The van der Waals surface area contributed by atoms with Crippen LogP contribution in [0.25, 0.3) is 0 Å². The van der Waals surface area contributed by atoms with Crippen LogP contribution in [0.15, 0.2) is 0 Å². The number of nitrogens with one attached hydrogen (secondary N) is 1. The lowest BCUT2D eigenvalue weighted by Gasteiger charge is -2.39. The van der Waals surface area contributed by atoms with Crippen LogP contribution in [0.3, 0.4) is 0 Å². The smallest absolute Gasteiger partial charge is 0.222 e. The summed E-state index contributed by atoms with van der Waals surface area (Å²) in [7, 11) is 0. The molecule has 0 spiro atoms. The van der Waals surface area contributed by atoms with E-state index in [1.165, 1.54) is 58.0 Å². The molecule has 104 valence electrons. The fourth-order valence-electron chi connectivity index (χ4n) is 3.24. The Morgan fingerprint density at radius 1 is 1.06 bits per heavy atom. The summed E-state index contributed by atoms with van der Waals surface area (Å²) in [4.78, 5) is 14.4. The summed E-state index contributed by atoms with van der Waals surface area (Å²) < 4.78 is 0. The zero-order chi connectivity index (χ0) is 13.0. The average molecular weight is 252 g/mol. The van der Waals surface area contributed by atoms with Crippen LogP contribution in [0.5, 0.6) is 0 Å². The van der Waals surface area contributed by atoms with Crippen LogP contribution in [0.2, 0.25) is 0 Å². The summed E-state index contributed by atoms with van der Waals surface area (Å²) in [5.41, 5.74) is 0. The predicted octanol–water partition coefficient (Wildman–Crippen LogP) is 2.56. The van der Waals surface area contributed by atoms with E-state index in [-0.39, 0.29) is 11.8 Å². The molecule has 1 aliphatic heterocycles. The quantitative estimate of drug-likeness (QED) is 0.837. The Morgan fingerprint density at radius 2 is 1.67 bits per heavy atom. The van der Waals surface area contributed by atoms with Crippen LogP contribution in [-0.2, 0) is 4.79 Å². The molecule has 0 aromatic rings. The third-order valence-corrected chi connectivity index (χ3v) is 4.47. The molecule has 1 aliphatic carbocycles. The molecule has 1 heterocycles. The van der Waals surface area contributed by atoms with Crippen LogP contribution >= 0.6 is 0 Å². The average Bonchev–Trinajstić information content (AvgIpc) is 2.40. The topological polar surface area (TPSA) is 32.3 Å². The van der Waals surface area contributed by atoms with Crippen LogP contribution in [0, 0.1) is 5.92 Å². The first-order valence-corrected chi connectivity index (χ1v) is 7.71. The van der Waals surface area contributed by atoms with Gasteiger partial charge in [0, 0.05) is 18.0 Å². The summed E-state index contributed by atoms with van der Waals surface area (Å²) in [6.45, 7) is 6.53. The minimum atomic E-state index is 0.116. The van der Waals surface area contributed by atoms with Gasteiger partial charge in [-0.15, -0.1) is 0 Å². The van der Waals surface area contributed by atoms with Gasteiger partial charge in [0.25, 0.3) is 0 Å². The molecule has 0 unspecified atom stereocenters. The van der Waals surface area contributed by atoms with E-state index < -0.39 is 0 Å². The van der Waals surface area contributed by atoms with Gasteiger partial charge in [-0.3, -0.25) is 4.79 Å². The van der Waals surface area contributed by atoms with Gasteiger partial charge in [-0.05, 0) is 51.6 Å². The molecule has 1 saturated carbocycles. The van der Waals surface area contributed by atoms with Gasteiger partial charge in [0.15, 0.2) is 0 Å². The third-order valence-electron chi connectivity index (χ3n) is 4.47. The lowest BCUT2D eigenvalue weighted by atomic mass is 9.89. The molecule has 0 radical (unpaired) electrons. The maximum absolute atomic E-state index is 11.7. The van der Waals surface area contributed by atoms with E-state index in [0.29, 0.717) is 6.04 Å². The van der Waals surface area contributed by atoms with Gasteiger partial charge in [-0.1, -0.05) is 20.3 Å². The highest BCUT2D eigenvalue weighted by Crippen LogP contribution is 2.25. The largest absolute Gasteiger partial charge is 0.353 e. The number of carbonyl (C=O) groups excluding carboxylic acids is 1. The zero-order valence-corrected chi connectivity index (χ0v) is 12.0. The molecule has 1 amide bonds. The Morgan fingerprint density at radius 3 is 2.22 bits per heavy atom. The van der Waals surface area contributed by atoms with Crippen molar-refractivity contribution in [2.75, 3.05) is 13.1 Å². The fraction of sp³-hybridized carbons (Fsp3) is 0.933. The van der Waals surface area contributed by atoms with Gasteiger partial charge < -0.3 is 10.2 Å². The highest BCUT2D eigenvalue weighted by Gasteiger charge is 2.27. The summed E-state index contributed by atoms with van der Waals surface area (Å²) >= 11 is 0. The maximum atomic E-state index is 11.7. The van der Waals surface area contributed by atoms with E-state index in [9.17, 15) is 4.79 Å². The van der Waals surface area contributed by atoms with Gasteiger partial charge >= 0.3 is 0 Å². The van der Waals surface area contributed by atoms with Crippen LogP contribution in [-0.4, -0.2) is 36.0 Å². The van der Waals surface area contributed by atoms with E-state index in [1.54, 1.807) is 0 Å². The van der Waals surface area contributed by atoms with Crippen molar-refractivity contribution in [3.05, 3.63) is 0 Å². The van der Waals surface area contributed by atoms with E-state index in [4.69, 9.17) is 0 Å². The Balaban J connectivity index is 1.72. The lowest BCUT2D eigenvalue weighted by molar-refractivity contribution is -0.125. The Bertz CT molecular complexity index is 264. The van der Waals surface area contributed by atoms with Crippen LogP contribution in [0.1, 0.15) is 58.8 Å². The van der Waals surface area contributed by atoms with Gasteiger partial charge in [0.1, 0.15) is 0 Å². The number of likely N-dealkylation sites (tertiary alicyclic amines) is 1. The number of hydrogen-bond donors (Lipinski definition) is 1. The molecule has 0 aromatic carbocycles. The van der Waals surface area contributed by atoms with Crippen molar-refractivity contribution in [2.45, 2.75) is 70.9 Å². The maximum Gasteiger partial charge on any atom is 0.222 e. The SMILES string of the molecule is CC(C)C(=O)NC1CCC(N2CCCCC2)CC1. The molecule has 2 rings (SSSR count). The second kappa shape index (κ2) is 6.55. The molecule has 1 saturated heterocycles. The van der Waals surface area contributed by atoms with Gasteiger partial charge in [0.05, 0.1) is 0 Å². The van der Waals surface area contributed by atoms with Crippen molar-refractivity contribution in [1.82, 2.24) is 10.2 Å². The van der Waals surface area contributed by atoms with Gasteiger partial charge in [-0.25, -0.2) is 0 Å². The minimum Gasteiger partial charge on any atom is -0.353 e. The first-order valence-electron chi connectivity index (χ1n) is 7.71. The molecule has 2 aliphatic rings. The minimum absolute atomic E-state index is 0.116. The normalized spacial score (nSPS) is 30.4.